The Balaban J connectivity index is 2.44. The number of esters is 1. The molecule has 128 valence electrons. The fourth-order valence-electron chi connectivity index (χ4n) is 2.11. The van der Waals surface area contributed by atoms with Crippen LogP contribution in [0.4, 0.5) is 5.69 Å². The van der Waals surface area contributed by atoms with Crippen molar-refractivity contribution in [3.8, 4) is 0 Å². The van der Waals surface area contributed by atoms with Gasteiger partial charge in [-0.25, -0.2) is 18.4 Å². The van der Waals surface area contributed by atoms with Crippen LogP contribution in [0.3, 0.4) is 0 Å². The lowest BCUT2D eigenvalue weighted by Crippen LogP contribution is -2.99. The van der Waals surface area contributed by atoms with E-state index in [-0.39, 0.29) is 5.69 Å². The number of carbonyl (C=O) groups is 1. The van der Waals surface area contributed by atoms with Gasteiger partial charge in [-0.05, 0) is 11.6 Å². The molecule has 0 saturated heterocycles. The van der Waals surface area contributed by atoms with Gasteiger partial charge in [-0.3, -0.25) is 0 Å². The molecule has 0 aliphatic heterocycles. The van der Waals surface area contributed by atoms with Crippen LogP contribution in [0.2, 0.25) is 0 Å². The highest BCUT2D eigenvalue weighted by molar-refractivity contribution is 7.89. The molecular weight excluding hydrogens is 336 g/mol. The fourth-order valence-corrected chi connectivity index (χ4v) is 3.48. The fraction of sp³-hybridized carbons (Fsp3) is 0.133. The van der Waals surface area contributed by atoms with E-state index in [9.17, 15) is 18.4 Å². The van der Waals surface area contributed by atoms with Crippen molar-refractivity contribution < 1.29 is 28.4 Å². The van der Waals surface area contributed by atoms with Crippen molar-refractivity contribution in [1.82, 2.24) is 4.72 Å². The predicted octanol–water partition coefficient (Wildman–Crippen LogP) is 0.283. The third kappa shape index (κ3) is 3.96. The van der Waals surface area contributed by atoms with Crippen molar-refractivity contribution in [3.05, 3.63) is 65.4 Å². The van der Waals surface area contributed by atoms with Crippen molar-refractivity contribution in [3.63, 3.8) is 0 Å². The maximum atomic E-state index is 12.6. The first-order valence-electron chi connectivity index (χ1n) is 6.84. The van der Waals surface area contributed by atoms with E-state index in [1.165, 1.54) is 18.2 Å². The van der Waals surface area contributed by atoms with E-state index in [4.69, 9.17) is 5.21 Å². The minimum atomic E-state index is -4.27. The monoisotopic (exact) mass is 352 g/mol. The van der Waals surface area contributed by atoms with Gasteiger partial charge in [0.25, 0.3) is 0 Å². The number of sulfonamides is 1. The molecule has 0 aliphatic carbocycles. The number of carbonyl (C=O) groups excluding carboxylic acids is 1. The Morgan fingerprint density at radius 3 is 2.33 bits per heavy atom. The van der Waals surface area contributed by atoms with E-state index in [1.807, 2.05) is 0 Å². The molecule has 3 N–H and O–H groups in total. The van der Waals surface area contributed by atoms with Crippen LogP contribution >= 0.6 is 0 Å². The summed E-state index contributed by atoms with van der Waals surface area (Å²) in [5, 5.41) is 19.0. The molecular formula is C15H16N2O6S. The third-order valence-electron chi connectivity index (χ3n) is 3.25. The first-order chi connectivity index (χ1) is 11.4. The van der Waals surface area contributed by atoms with Crippen LogP contribution in [-0.2, 0) is 19.6 Å². The Bertz CT molecular complexity index is 808. The molecule has 0 fully saturated rings. The molecule has 2 rings (SSSR count). The zero-order valence-electron chi connectivity index (χ0n) is 12.7. The average Bonchev–Trinajstić information content (AvgIpc) is 2.59. The van der Waals surface area contributed by atoms with E-state index in [2.05, 4.69) is 9.46 Å². The molecule has 0 aliphatic rings. The van der Waals surface area contributed by atoms with E-state index >= 15 is 0 Å². The maximum absolute atomic E-state index is 12.6. The van der Waals surface area contributed by atoms with Crippen LogP contribution in [0.25, 0.3) is 0 Å². The van der Waals surface area contributed by atoms with Crippen molar-refractivity contribution in [1.29, 1.82) is 0 Å². The Morgan fingerprint density at radius 2 is 1.75 bits per heavy atom. The largest absolute Gasteiger partial charge is 0.595 e. The zero-order valence-corrected chi connectivity index (χ0v) is 13.5. The van der Waals surface area contributed by atoms with Gasteiger partial charge < -0.3 is 9.94 Å². The second-order valence-electron chi connectivity index (χ2n) is 4.79. The number of benzene rings is 2. The summed E-state index contributed by atoms with van der Waals surface area (Å²) in [5.74, 6) is -0.808. The van der Waals surface area contributed by atoms with Crippen LogP contribution in [0.5, 0.6) is 0 Å². The molecule has 0 aromatic heterocycles. The first-order valence-corrected chi connectivity index (χ1v) is 8.32. The number of rotatable bonds is 6. The van der Waals surface area contributed by atoms with Gasteiger partial charge in [0.1, 0.15) is 10.9 Å². The smallest absolute Gasteiger partial charge is 0.328 e. The summed E-state index contributed by atoms with van der Waals surface area (Å²) < 4.78 is 32.0. The molecule has 0 saturated carbocycles. The van der Waals surface area contributed by atoms with Gasteiger partial charge in [-0.15, -0.1) is 0 Å². The van der Waals surface area contributed by atoms with Crippen LogP contribution in [-0.4, -0.2) is 26.7 Å². The minimum absolute atomic E-state index is 0.376. The molecule has 8 nitrogen and oxygen atoms in total. The number of hydrogen-bond donors (Lipinski definition) is 3. The van der Waals surface area contributed by atoms with Gasteiger partial charge in [-0.1, -0.05) is 42.5 Å². The number of hydrogen-bond acceptors (Lipinski definition) is 6. The Morgan fingerprint density at radius 1 is 1.17 bits per heavy atom. The number of nitrogens with one attached hydrogen (secondary N) is 2. The molecule has 0 radical (unpaired) electrons. The number of para-hydroxylation sites is 1. The number of ether oxygens (including phenoxy) is 1. The highest BCUT2D eigenvalue weighted by atomic mass is 32.2. The first kappa shape index (κ1) is 18.0. The molecule has 0 amide bonds. The molecule has 0 heterocycles. The van der Waals surface area contributed by atoms with E-state index in [0.717, 1.165) is 13.2 Å². The van der Waals surface area contributed by atoms with E-state index < -0.39 is 32.2 Å². The predicted molar refractivity (Wildman–Crippen MR) is 83.7 cm³/mol. The van der Waals surface area contributed by atoms with Crippen molar-refractivity contribution in [2.24, 2.45) is 0 Å². The Hall–Kier alpha value is -2.30. The highest BCUT2D eigenvalue weighted by Crippen LogP contribution is 2.22. The topological polar surface area (TPSA) is 120 Å². The second kappa shape index (κ2) is 7.51. The molecule has 2 unspecified atom stereocenters. The van der Waals surface area contributed by atoms with Gasteiger partial charge in [-0.2, -0.15) is 9.95 Å². The van der Waals surface area contributed by atoms with Crippen molar-refractivity contribution in [2.75, 3.05) is 7.11 Å². The lowest BCUT2D eigenvalue weighted by Gasteiger charge is -2.19. The summed E-state index contributed by atoms with van der Waals surface area (Å²) in [6.45, 7) is 0. The zero-order chi connectivity index (χ0) is 17.7. The molecule has 24 heavy (non-hydrogen) atoms. The SMILES string of the molecule is COC(=O)C(NS(=O)(=O)c1ccccc1[NH+]([O-])O)c1ccccc1. The van der Waals surface area contributed by atoms with Crippen molar-refractivity contribution >= 4 is 21.7 Å². The number of quaternary nitrogens is 1. The lowest BCUT2D eigenvalue weighted by molar-refractivity contribution is -0.992. The molecule has 2 aromatic rings. The minimum Gasteiger partial charge on any atom is -0.595 e. The summed E-state index contributed by atoms with van der Waals surface area (Å²) in [6.07, 6.45) is 0. The summed E-state index contributed by atoms with van der Waals surface area (Å²) in [6, 6.07) is 12.0. The van der Waals surface area contributed by atoms with Gasteiger partial charge in [0.05, 0.1) is 7.11 Å². The van der Waals surface area contributed by atoms with Crippen molar-refractivity contribution in [2.45, 2.75) is 10.9 Å². The molecule has 9 heteroatoms. The quantitative estimate of drug-likeness (QED) is 0.507. The third-order valence-corrected chi connectivity index (χ3v) is 4.73. The van der Waals surface area contributed by atoms with Gasteiger partial charge in [0.15, 0.2) is 5.69 Å². The van der Waals surface area contributed by atoms with Crippen LogP contribution in [0, 0.1) is 5.21 Å². The molecule has 2 aromatic carbocycles. The van der Waals surface area contributed by atoms with Gasteiger partial charge in [0, 0.05) is 6.07 Å². The average molecular weight is 352 g/mol. The lowest BCUT2D eigenvalue weighted by atomic mass is 10.1. The van der Waals surface area contributed by atoms with Crippen LogP contribution in [0.1, 0.15) is 11.6 Å². The Labute approximate surface area is 138 Å². The number of methoxy groups -OCH3 is 1. The maximum Gasteiger partial charge on any atom is 0.328 e. The highest BCUT2D eigenvalue weighted by Gasteiger charge is 2.30. The molecule has 0 bridgehead atoms. The standard InChI is InChI=1S/C15H16N2O6S/c1-23-15(18)14(11-7-3-2-4-8-11)16-24(21,22)13-10-6-5-9-12(13)17(19)20/h2-10,14,16-17,19H,1H3. The summed E-state index contributed by atoms with van der Waals surface area (Å²) in [4.78, 5) is 11.5. The summed E-state index contributed by atoms with van der Waals surface area (Å²) >= 11 is 0. The van der Waals surface area contributed by atoms with Gasteiger partial charge in [0.2, 0.25) is 10.0 Å². The second-order valence-corrected chi connectivity index (χ2v) is 6.47. The Kier molecular flexibility index (Phi) is 5.65. The van der Waals surface area contributed by atoms with E-state index in [1.54, 1.807) is 30.3 Å². The van der Waals surface area contributed by atoms with E-state index in [0.29, 0.717) is 5.56 Å². The normalized spacial score (nSPS) is 14.0. The van der Waals surface area contributed by atoms with Gasteiger partial charge >= 0.3 is 5.97 Å². The van der Waals surface area contributed by atoms with Crippen LogP contribution in [0.15, 0.2) is 59.5 Å². The molecule has 0 spiro atoms. The molecule has 2 atom stereocenters. The van der Waals surface area contributed by atoms with Crippen LogP contribution < -0.4 is 9.95 Å². The summed E-state index contributed by atoms with van der Waals surface area (Å²) in [7, 11) is -3.13. The summed E-state index contributed by atoms with van der Waals surface area (Å²) in [5.41, 5.74) is -0.0117.